The van der Waals surface area contributed by atoms with E-state index in [0.29, 0.717) is 31.1 Å². The maximum Gasteiger partial charge on any atom is 0.243 e. The average Bonchev–Trinajstić information content (AvgIpc) is 3.54. The number of aliphatic hydroxyl groups excluding tert-OH is 1. The second-order valence-electron chi connectivity index (χ2n) is 14.8. The van der Waals surface area contributed by atoms with Crippen LogP contribution in [0.25, 0.3) is 0 Å². The van der Waals surface area contributed by atoms with Crippen LogP contribution in [0.2, 0.25) is 0 Å². The molecular weight excluding hydrogens is 576 g/mol. The fraction of sp³-hybridized carbons (Fsp3) is 0.632. The van der Waals surface area contributed by atoms with Crippen molar-refractivity contribution in [1.29, 1.82) is 0 Å². The van der Waals surface area contributed by atoms with E-state index < -0.39 is 29.5 Å². The minimum atomic E-state index is -0.864. The molecule has 8 nitrogen and oxygen atoms in total. The van der Waals surface area contributed by atoms with Crippen LogP contribution in [-0.2, 0) is 27.2 Å². The molecule has 1 fully saturated rings. The molecule has 1 aliphatic carbocycles. The predicted molar refractivity (Wildman–Crippen MR) is 184 cm³/mol. The zero-order valence-electron chi connectivity index (χ0n) is 29.0. The van der Waals surface area contributed by atoms with E-state index in [4.69, 9.17) is 0 Å². The molecule has 0 radical (unpaired) electrons. The second kappa shape index (κ2) is 17.6. The first-order valence-corrected chi connectivity index (χ1v) is 17.2. The molecule has 2 aromatic rings. The average molecular weight is 635 g/mol. The zero-order chi connectivity index (χ0) is 33.9. The van der Waals surface area contributed by atoms with Crippen LogP contribution >= 0.6 is 0 Å². The number of likely N-dealkylation sites (N-methyl/N-ethyl adjacent to an activating group) is 1. The lowest BCUT2D eigenvalue weighted by atomic mass is 9.81. The van der Waals surface area contributed by atoms with Gasteiger partial charge >= 0.3 is 0 Å². The monoisotopic (exact) mass is 634 g/mol. The van der Waals surface area contributed by atoms with Crippen LogP contribution in [0.1, 0.15) is 97.2 Å². The summed E-state index contributed by atoms with van der Waals surface area (Å²) in [4.78, 5) is 50.5. The number of ketones is 1. The molecule has 8 heteroatoms. The molecule has 1 aliphatic rings. The molecule has 254 valence electrons. The molecule has 1 aromatic carbocycles. The number of H-pyrrole nitrogens is 1. The van der Waals surface area contributed by atoms with Crippen LogP contribution in [0, 0.1) is 29.1 Å². The highest BCUT2D eigenvalue weighted by atomic mass is 16.3. The number of rotatable bonds is 17. The second-order valence-corrected chi connectivity index (χ2v) is 14.8. The molecule has 1 saturated carbocycles. The molecule has 1 heterocycles. The van der Waals surface area contributed by atoms with Gasteiger partial charge < -0.3 is 20.3 Å². The number of hydrogen-bond donors (Lipinski definition) is 3. The van der Waals surface area contributed by atoms with Crippen molar-refractivity contribution in [2.75, 3.05) is 7.05 Å². The molecule has 3 rings (SSSR count). The van der Waals surface area contributed by atoms with Gasteiger partial charge in [-0.25, -0.2) is 4.98 Å². The number of nitrogens with one attached hydrogen (secondary N) is 2. The van der Waals surface area contributed by atoms with E-state index in [1.54, 1.807) is 19.6 Å². The third kappa shape index (κ3) is 11.2. The van der Waals surface area contributed by atoms with E-state index in [1.807, 2.05) is 57.2 Å². The number of aromatic amines is 1. The number of carbonyl (C=O) groups is 3. The highest BCUT2D eigenvalue weighted by Crippen LogP contribution is 2.30. The van der Waals surface area contributed by atoms with Gasteiger partial charge in [-0.15, -0.1) is 6.58 Å². The molecular formula is C38H58N4O4. The lowest BCUT2D eigenvalue weighted by Gasteiger charge is -2.35. The molecule has 3 N–H and O–H groups in total. The summed E-state index contributed by atoms with van der Waals surface area (Å²) in [7, 11) is 1.65. The lowest BCUT2D eigenvalue weighted by molar-refractivity contribution is -0.144. The highest BCUT2D eigenvalue weighted by molar-refractivity contribution is 5.92. The van der Waals surface area contributed by atoms with Crippen LogP contribution < -0.4 is 5.32 Å². The lowest BCUT2D eigenvalue weighted by Crippen LogP contribution is -2.55. The van der Waals surface area contributed by atoms with Crippen molar-refractivity contribution in [3.63, 3.8) is 0 Å². The van der Waals surface area contributed by atoms with Gasteiger partial charge in [-0.3, -0.25) is 14.4 Å². The van der Waals surface area contributed by atoms with Gasteiger partial charge in [0.05, 0.1) is 18.5 Å². The quantitative estimate of drug-likeness (QED) is 0.177. The van der Waals surface area contributed by atoms with Gasteiger partial charge in [-0.1, -0.05) is 103 Å². The Balaban J connectivity index is 1.90. The summed E-state index contributed by atoms with van der Waals surface area (Å²) in [5.41, 5.74) is 1.09. The number of hydrogen-bond acceptors (Lipinski definition) is 5. The SMILES string of the molecule is C=C[C@@H](C[C@H](O)[C@H](CC1CCCCC1)NC(=O)C(Cc1cnc[nH]1)N(C)C(=O)[C@@H](CC(=O)C(C)(C)C)Cc1ccccc1)C(C)C. The number of imidazole rings is 1. The van der Waals surface area contributed by atoms with E-state index in [1.165, 1.54) is 24.2 Å². The molecule has 0 bridgehead atoms. The molecule has 1 aromatic heterocycles. The normalized spacial score (nSPS) is 17.5. The Hall–Kier alpha value is -3.26. The molecule has 5 atom stereocenters. The summed E-state index contributed by atoms with van der Waals surface area (Å²) < 4.78 is 0. The standard InChI is InChI=1S/C38H58N4O4/c1-8-29(26(2)3)21-34(43)32(20-28-17-13-10-14-18-28)41-36(45)33(23-31-24-39-25-40-31)42(7)37(46)30(22-35(44)38(4,5)6)19-27-15-11-9-12-16-27/h8-9,11-12,15-16,24-26,28-30,32-34,43H,1,10,13-14,17-23H2,2-7H3,(H,39,40)(H,41,45)/t29-,30+,32-,33?,34-/m0/s1. The van der Waals surface area contributed by atoms with Gasteiger partial charge in [0, 0.05) is 43.1 Å². The van der Waals surface area contributed by atoms with Gasteiger partial charge in [-0.05, 0) is 42.6 Å². The van der Waals surface area contributed by atoms with Crippen LogP contribution in [0.5, 0.6) is 0 Å². The predicted octanol–water partition coefficient (Wildman–Crippen LogP) is 6.31. The molecule has 2 amide bonds. The largest absolute Gasteiger partial charge is 0.391 e. The zero-order valence-corrected chi connectivity index (χ0v) is 29.0. The minimum absolute atomic E-state index is 0.00217. The number of carbonyl (C=O) groups excluding carboxylic acids is 3. The van der Waals surface area contributed by atoms with E-state index in [2.05, 4.69) is 35.7 Å². The smallest absolute Gasteiger partial charge is 0.243 e. The topological polar surface area (TPSA) is 115 Å². The Morgan fingerprint density at radius 2 is 1.78 bits per heavy atom. The number of benzene rings is 1. The third-order valence-electron chi connectivity index (χ3n) is 9.81. The van der Waals surface area contributed by atoms with E-state index in [-0.39, 0.29) is 36.4 Å². The number of aliphatic hydroxyl groups is 1. The third-order valence-corrected chi connectivity index (χ3v) is 9.81. The summed E-state index contributed by atoms with van der Waals surface area (Å²) in [5, 5.41) is 14.8. The van der Waals surface area contributed by atoms with Crippen molar-refractivity contribution in [2.45, 2.75) is 117 Å². The van der Waals surface area contributed by atoms with Gasteiger partial charge in [0.2, 0.25) is 11.8 Å². The van der Waals surface area contributed by atoms with Crippen molar-refractivity contribution in [1.82, 2.24) is 20.2 Å². The number of nitrogens with zero attached hydrogens (tertiary/aromatic N) is 2. The molecule has 0 saturated heterocycles. The number of amides is 2. The summed E-state index contributed by atoms with van der Waals surface area (Å²) in [6.07, 6.45) is 12.0. The van der Waals surface area contributed by atoms with Gasteiger partial charge in [-0.2, -0.15) is 0 Å². The summed E-state index contributed by atoms with van der Waals surface area (Å²) in [6, 6.07) is 8.38. The molecule has 0 aliphatic heterocycles. The van der Waals surface area contributed by atoms with E-state index in [9.17, 15) is 19.5 Å². The first-order chi connectivity index (χ1) is 21.8. The Bertz CT molecular complexity index is 1230. The van der Waals surface area contributed by atoms with E-state index in [0.717, 1.165) is 24.1 Å². The molecule has 1 unspecified atom stereocenters. The number of Topliss-reactive ketones (excluding diaryl/α,β-unsaturated/α-hetero) is 1. The van der Waals surface area contributed by atoms with Gasteiger partial charge in [0.15, 0.2) is 0 Å². The number of aromatic nitrogens is 2. The summed E-state index contributed by atoms with van der Waals surface area (Å²) in [5.74, 6) is -0.333. The van der Waals surface area contributed by atoms with Gasteiger partial charge in [0.25, 0.3) is 0 Å². The van der Waals surface area contributed by atoms with Crippen molar-refractivity contribution in [3.8, 4) is 0 Å². The molecule has 0 spiro atoms. The Morgan fingerprint density at radius 1 is 1.11 bits per heavy atom. The van der Waals surface area contributed by atoms with E-state index >= 15 is 0 Å². The van der Waals surface area contributed by atoms with Gasteiger partial charge in [0.1, 0.15) is 11.8 Å². The Morgan fingerprint density at radius 3 is 2.35 bits per heavy atom. The fourth-order valence-electron chi connectivity index (χ4n) is 6.58. The maximum atomic E-state index is 14.3. The first-order valence-electron chi connectivity index (χ1n) is 17.2. The Kier molecular flexibility index (Phi) is 14.2. The Labute approximate surface area is 276 Å². The molecule has 46 heavy (non-hydrogen) atoms. The van der Waals surface area contributed by atoms with Crippen molar-refractivity contribution in [3.05, 3.63) is 66.8 Å². The fourth-order valence-corrected chi connectivity index (χ4v) is 6.58. The van der Waals surface area contributed by atoms with Crippen LogP contribution in [0.4, 0.5) is 0 Å². The van der Waals surface area contributed by atoms with Crippen molar-refractivity contribution >= 4 is 17.6 Å². The van der Waals surface area contributed by atoms with Crippen molar-refractivity contribution < 1.29 is 19.5 Å². The van der Waals surface area contributed by atoms with Crippen LogP contribution in [0.3, 0.4) is 0 Å². The summed E-state index contributed by atoms with van der Waals surface area (Å²) >= 11 is 0. The van der Waals surface area contributed by atoms with Crippen molar-refractivity contribution in [2.24, 2.45) is 29.1 Å². The minimum Gasteiger partial charge on any atom is -0.391 e. The van der Waals surface area contributed by atoms with Crippen LogP contribution in [-0.4, -0.2) is 62.8 Å². The number of allylic oxidation sites excluding steroid dienone is 1. The highest BCUT2D eigenvalue weighted by Gasteiger charge is 2.37. The van der Waals surface area contributed by atoms with Crippen LogP contribution in [0.15, 0.2) is 55.5 Å². The first kappa shape index (κ1) is 37.2. The summed E-state index contributed by atoms with van der Waals surface area (Å²) in [6.45, 7) is 13.8. The maximum absolute atomic E-state index is 14.3.